The molecular weight excluding hydrogens is 309 g/mol. The van der Waals surface area contributed by atoms with E-state index in [1.54, 1.807) is 7.05 Å². The summed E-state index contributed by atoms with van der Waals surface area (Å²) in [4.78, 5) is 13.0. The van der Waals surface area contributed by atoms with Crippen molar-refractivity contribution in [2.24, 2.45) is 0 Å². The van der Waals surface area contributed by atoms with Crippen molar-refractivity contribution in [2.75, 3.05) is 13.6 Å². The van der Waals surface area contributed by atoms with Crippen LogP contribution >= 0.6 is 0 Å². The summed E-state index contributed by atoms with van der Waals surface area (Å²) in [7, 11) is 1.77. The number of piperidine rings is 1. The zero-order valence-electron chi connectivity index (χ0n) is 12.6. The Labute approximate surface area is 130 Å². The number of likely N-dealkylation sites (N-methyl/N-ethyl adjacent to an activating group) is 1. The number of H-pyrrole nitrogens is 1. The molecule has 4 nitrogen and oxygen atoms in total. The summed E-state index contributed by atoms with van der Waals surface area (Å²) >= 11 is 0. The predicted octanol–water partition coefficient (Wildman–Crippen LogP) is 3.13. The number of nitrogens with zero attached hydrogens (tertiary/aromatic N) is 1. The molecule has 23 heavy (non-hydrogen) atoms. The number of likely N-dealkylation sites (tertiary alicyclic amines) is 1. The highest BCUT2D eigenvalue weighted by Gasteiger charge is 2.35. The number of hydrogen-bond acceptors (Lipinski definition) is 3. The molecule has 0 bridgehead atoms. The third kappa shape index (κ3) is 3.34. The van der Waals surface area contributed by atoms with Crippen LogP contribution in [-0.4, -0.2) is 29.7 Å². The molecule has 0 radical (unpaired) electrons. The number of halogens is 3. The first-order chi connectivity index (χ1) is 10.9. The maximum atomic E-state index is 14.9. The second kappa shape index (κ2) is 6.23. The number of alkyl halides is 1. The molecule has 1 fully saturated rings. The summed E-state index contributed by atoms with van der Waals surface area (Å²) in [5, 5.41) is 2.23. The molecule has 2 aromatic rings. The molecule has 1 unspecified atom stereocenters. The fraction of sp³-hybridized carbons (Fsp3) is 0.438. The lowest BCUT2D eigenvalue weighted by Gasteiger charge is -2.38. The van der Waals surface area contributed by atoms with Crippen LogP contribution in [0.15, 0.2) is 33.6 Å². The molecule has 0 spiro atoms. The van der Waals surface area contributed by atoms with E-state index in [1.807, 2.05) is 4.90 Å². The first-order valence-electron chi connectivity index (χ1n) is 7.43. The summed E-state index contributed by atoms with van der Waals surface area (Å²) in [5.74, 6) is -1.21. The van der Waals surface area contributed by atoms with E-state index in [4.69, 9.17) is 4.52 Å². The van der Waals surface area contributed by atoms with Crippen molar-refractivity contribution in [3.63, 3.8) is 0 Å². The van der Waals surface area contributed by atoms with Gasteiger partial charge in [0, 0.05) is 24.1 Å². The van der Waals surface area contributed by atoms with Crippen molar-refractivity contribution in [3.8, 4) is 0 Å². The monoisotopic (exact) mass is 326 g/mol. The fourth-order valence-electron chi connectivity index (χ4n) is 3.17. The molecule has 7 heteroatoms. The van der Waals surface area contributed by atoms with Gasteiger partial charge in [0.15, 0.2) is 0 Å². The highest BCUT2D eigenvalue weighted by Crippen LogP contribution is 2.37. The van der Waals surface area contributed by atoms with E-state index in [0.717, 1.165) is 24.6 Å². The molecule has 2 heterocycles. The number of aromatic nitrogens is 1. The smallest absolute Gasteiger partial charge is 0.280 e. The van der Waals surface area contributed by atoms with Crippen molar-refractivity contribution in [3.05, 3.63) is 57.6 Å². The van der Waals surface area contributed by atoms with E-state index in [0.29, 0.717) is 18.7 Å². The van der Waals surface area contributed by atoms with Gasteiger partial charge >= 0.3 is 0 Å². The summed E-state index contributed by atoms with van der Waals surface area (Å²) < 4.78 is 46.6. The van der Waals surface area contributed by atoms with E-state index in [1.165, 1.54) is 6.07 Å². The molecule has 0 aliphatic carbocycles. The van der Waals surface area contributed by atoms with Gasteiger partial charge in [-0.15, -0.1) is 0 Å². The minimum Gasteiger partial charge on any atom is -0.383 e. The zero-order valence-corrected chi connectivity index (χ0v) is 12.6. The van der Waals surface area contributed by atoms with Crippen LogP contribution in [0.25, 0.3) is 0 Å². The Morgan fingerprint density at radius 1 is 1.26 bits per heavy atom. The number of rotatable bonds is 3. The Hall–Kier alpha value is -2.02. The van der Waals surface area contributed by atoms with Crippen LogP contribution in [0.5, 0.6) is 0 Å². The number of nitrogens with one attached hydrogen (secondary N) is 1. The second-order valence-electron chi connectivity index (χ2n) is 5.99. The molecule has 1 aliphatic heterocycles. The SMILES string of the molecule is CN1CC[C@@H](c2cc(=O)[nH]o2)C[C@H]1C(F)c1cc(F)cc(F)c1. The van der Waals surface area contributed by atoms with Crippen molar-refractivity contribution >= 4 is 0 Å². The van der Waals surface area contributed by atoms with Crippen molar-refractivity contribution < 1.29 is 17.7 Å². The highest BCUT2D eigenvalue weighted by molar-refractivity contribution is 5.22. The molecule has 0 saturated carbocycles. The zero-order chi connectivity index (χ0) is 16.6. The molecule has 3 atom stereocenters. The third-order valence-electron chi connectivity index (χ3n) is 4.41. The molecule has 1 N–H and O–H groups in total. The van der Waals surface area contributed by atoms with Gasteiger partial charge in [-0.05, 0) is 44.1 Å². The van der Waals surface area contributed by atoms with Gasteiger partial charge in [0.1, 0.15) is 23.6 Å². The lowest BCUT2D eigenvalue weighted by Crippen LogP contribution is -2.41. The summed E-state index contributed by atoms with van der Waals surface area (Å²) in [5.41, 5.74) is -0.352. The molecule has 1 aromatic carbocycles. The molecule has 0 amide bonds. The van der Waals surface area contributed by atoms with Crippen LogP contribution < -0.4 is 5.56 Å². The molecule has 1 aliphatic rings. The maximum absolute atomic E-state index is 14.9. The summed E-state index contributed by atoms with van der Waals surface area (Å²) in [6.07, 6.45) is -0.409. The second-order valence-corrected chi connectivity index (χ2v) is 5.99. The summed E-state index contributed by atoms with van der Waals surface area (Å²) in [6, 6.07) is 3.57. The molecule has 1 saturated heterocycles. The largest absolute Gasteiger partial charge is 0.383 e. The Bertz CT molecular complexity index is 723. The van der Waals surface area contributed by atoms with Crippen LogP contribution in [0.2, 0.25) is 0 Å². The van der Waals surface area contributed by atoms with E-state index in [-0.39, 0.29) is 17.0 Å². The third-order valence-corrected chi connectivity index (χ3v) is 4.41. The minimum absolute atomic E-state index is 0.0180. The van der Waals surface area contributed by atoms with Crippen molar-refractivity contribution in [1.29, 1.82) is 0 Å². The van der Waals surface area contributed by atoms with Crippen LogP contribution in [0, 0.1) is 11.6 Å². The van der Waals surface area contributed by atoms with Crippen molar-refractivity contribution in [1.82, 2.24) is 10.1 Å². The Balaban J connectivity index is 1.83. The first-order valence-corrected chi connectivity index (χ1v) is 7.43. The topological polar surface area (TPSA) is 49.2 Å². The van der Waals surface area contributed by atoms with Gasteiger partial charge in [-0.3, -0.25) is 4.79 Å². The van der Waals surface area contributed by atoms with Crippen molar-refractivity contribution in [2.45, 2.75) is 31.0 Å². The normalized spacial score (nSPS) is 23.8. The lowest BCUT2D eigenvalue weighted by molar-refractivity contribution is 0.0830. The molecular formula is C16H17F3N2O2. The van der Waals surface area contributed by atoms with Gasteiger partial charge in [-0.1, -0.05) is 0 Å². The van der Waals surface area contributed by atoms with Gasteiger partial charge in [0.05, 0.1) is 0 Å². The predicted molar refractivity (Wildman–Crippen MR) is 77.9 cm³/mol. The fourth-order valence-corrected chi connectivity index (χ4v) is 3.17. The van der Waals surface area contributed by atoms with Crippen LogP contribution in [0.4, 0.5) is 13.2 Å². The lowest BCUT2D eigenvalue weighted by atomic mass is 9.85. The van der Waals surface area contributed by atoms with E-state index in [9.17, 15) is 18.0 Å². The standard InChI is InChI=1S/C16H17F3N2O2/c1-21-3-2-9(14-8-15(22)20-23-14)6-13(21)16(19)10-4-11(17)7-12(18)5-10/h4-5,7-9,13,16H,2-3,6H2,1H3,(H,20,22)/t9-,13+,16?/m1/s1. The van der Waals surface area contributed by atoms with Gasteiger partial charge in [0.25, 0.3) is 5.56 Å². The highest BCUT2D eigenvalue weighted by atomic mass is 19.1. The first kappa shape index (κ1) is 15.9. The Morgan fingerprint density at radius 3 is 2.57 bits per heavy atom. The van der Waals surface area contributed by atoms with Gasteiger partial charge in [-0.25, -0.2) is 13.2 Å². The average molecular weight is 326 g/mol. The summed E-state index contributed by atoms with van der Waals surface area (Å²) in [6.45, 7) is 0.600. The molecule has 124 valence electrons. The van der Waals surface area contributed by atoms with E-state index in [2.05, 4.69) is 5.16 Å². The molecule has 3 rings (SSSR count). The van der Waals surface area contributed by atoms with Crippen LogP contribution in [-0.2, 0) is 0 Å². The minimum atomic E-state index is -1.53. The van der Waals surface area contributed by atoms with Gasteiger partial charge < -0.3 is 9.42 Å². The van der Waals surface area contributed by atoms with Crippen LogP contribution in [0.1, 0.15) is 36.3 Å². The van der Waals surface area contributed by atoms with Gasteiger partial charge in [-0.2, -0.15) is 5.16 Å². The number of hydrogen-bond donors (Lipinski definition) is 1. The quantitative estimate of drug-likeness (QED) is 0.943. The average Bonchev–Trinajstić information content (AvgIpc) is 2.92. The van der Waals surface area contributed by atoms with Crippen LogP contribution in [0.3, 0.4) is 0 Å². The van der Waals surface area contributed by atoms with E-state index < -0.39 is 23.8 Å². The van der Waals surface area contributed by atoms with Gasteiger partial charge in [0.2, 0.25) is 0 Å². The Kier molecular flexibility index (Phi) is 4.30. The maximum Gasteiger partial charge on any atom is 0.280 e. The van der Waals surface area contributed by atoms with E-state index >= 15 is 0 Å². The number of aromatic amines is 1. The number of benzene rings is 1. The molecule has 1 aromatic heterocycles. The Morgan fingerprint density at radius 2 is 1.96 bits per heavy atom.